The van der Waals surface area contributed by atoms with Crippen molar-refractivity contribution >= 4 is 7.41 Å². The third kappa shape index (κ3) is 3.51. The zero-order valence-electron chi connectivity index (χ0n) is 3.97. The molecule has 0 rings (SSSR count). The van der Waals surface area contributed by atoms with Crippen LogP contribution >= 0.6 is 0 Å². The normalized spacial score (nSPS) is 8.33. The summed E-state index contributed by atoms with van der Waals surface area (Å²) < 4.78 is 0. The molecule has 0 aliphatic rings. The Morgan fingerprint density at radius 1 is 1.67 bits per heavy atom. The van der Waals surface area contributed by atoms with Crippen molar-refractivity contribution in [2.24, 2.45) is 0 Å². The molecular formula is C3H6BN2-. The molecule has 2 nitrogen and oxygen atoms in total. The molecule has 0 heterocycles. The average Bonchev–Trinajstić information content (AvgIpc) is 1.35. The Labute approximate surface area is 38.6 Å². The van der Waals surface area contributed by atoms with Gasteiger partial charge in [-0.15, -0.1) is 7.41 Å². The Morgan fingerprint density at radius 2 is 2.17 bits per heavy atom. The minimum Gasteiger partial charge on any atom is -0.530 e. The lowest BCUT2D eigenvalue weighted by molar-refractivity contribution is 0.669. The summed E-state index contributed by atoms with van der Waals surface area (Å²) in [6.45, 7) is 0. The van der Waals surface area contributed by atoms with Gasteiger partial charge in [-0.1, -0.05) is 14.1 Å². The molecule has 0 bridgehead atoms. The Bertz CT molecular complexity index is 63.7. The Balaban J connectivity index is 2.88. The average molecular weight is 80.9 g/mol. The molecule has 0 spiro atoms. The van der Waals surface area contributed by atoms with E-state index in [0.29, 0.717) is 0 Å². The van der Waals surface area contributed by atoms with Gasteiger partial charge in [0.2, 0.25) is 0 Å². The molecule has 0 amide bonds. The summed E-state index contributed by atoms with van der Waals surface area (Å²) >= 11 is 0. The fourth-order valence-electron chi connectivity index (χ4n) is 0.115. The van der Waals surface area contributed by atoms with Crippen LogP contribution in [0.1, 0.15) is 0 Å². The highest BCUT2D eigenvalue weighted by molar-refractivity contribution is 6.41. The zero-order chi connectivity index (χ0) is 4.99. The first kappa shape index (κ1) is 5.51. The van der Waals surface area contributed by atoms with E-state index >= 15 is 0 Å². The van der Waals surface area contributed by atoms with Crippen LogP contribution in [-0.4, -0.2) is 26.3 Å². The van der Waals surface area contributed by atoms with Crippen LogP contribution in [0.4, 0.5) is 0 Å². The molecule has 0 fully saturated rings. The van der Waals surface area contributed by atoms with E-state index in [1.54, 1.807) is 4.81 Å². The second-order valence-electron chi connectivity index (χ2n) is 1.22. The summed E-state index contributed by atoms with van der Waals surface area (Å²) in [5.74, 6) is 1.87. The minimum atomic E-state index is 1.43. The van der Waals surface area contributed by atoms with Gasteiger partial charge in [-0.2, -0.15) is 0 Å². The fraction of sp³-hybridized carbons (Fsp3) is 0.667. The Hall–Kier alpha value is -0.485. The van der Waals surface area contributed by atoms with Gasteiger partial charge < -0.3 is 4.81 Å². The van der Waals surface area contributed by atoms with Gasteiger partial charge in [0.1, 0.15) is 0 Å². The summed E-state index contributed by atoms with van der Waals surface area (Å²) in [5.41, 5.74) is 0. The lowest BCUT2D eigenvalue weighted by Crippen LogP contribution is -2.14. The van der Waals surface area contributed by atoms with E-state index in [4.69, 9.17) is 5.26 Å². The molecule has 32 valence electrons. The van der Waals surface area contributed by atoms with Crippen LogP contribution in [0, 0.1) is 11.2 Å². The van der Waals surface area contributed by atoms with E-state index in [1.807, 2.05) is 20.1 Å². The molecule has 0 atom stereocenters. The Kier molecular flexibility index (Phi) is 2.52. The van der Waals surface area contributed by atoms with Crippen molar-refractivity contribution in [1.82, 2.24) is 4.81 Å². The van der Waals surface area contributed by atoms with Crippen LogP contribution in [0.2, 0.25) is 0 Å². The van der Waals surface area contributed by atoms with Crippen LogP contribution in [0.15, 0.2) is 0 Å². The van der Waals surface area contributed by atoms with Crippen molar-refractivity contribution in [1.29, 1.82) is 5.26 Å². The first-order valence-corrected chi connectivity index (χ1v) is 1.66. The number of nitrogens with zero attached hydrogens (tertiary/aromatic N) is 2. The maximum atomic E-state index is 7.89. The highest BCUT2D eigenvalue weighted by atomic mass is 15.0. The predicted octanol–water partition coefficient (Wildman–Crippen LogP) is -0.352. The van der Waals surface area contributed by atoms with Crippen LogP contribution in [0.25, 0.3) is 0 Å². The van der Waals surface area contributed by atoms with Gasteiger partial charge >= 0.3 is 0 Å². The predicted molar refractivity (Wildman–Crippen MR) is 25.1 cm³/mol. The molecule has 0 aliphatic heterocycles. The summed E-state index contributed by atoms with van der Waals surface area (Å²) in [7, 11) is 5.05. The molecule has 0 aliphatic carbocycles. The van der Waals surface area contributed by atoms with Crippen molar-refractivity contribution in [2.75, 3.05) is 14.1 Å². The summed E-state index contributed by atoms with van der Waals surface area (Å²) in [6, 6.07) is 0. The third-order valence-electron chi connectivity index (χ3n) is 0.316. The minimum absolute atomic E-state index is 1.43. The van der Waals surface area contributed by atoms with Crippen molar-refractivity contribution in [2.45, 2.75) is 0 Å². The molecule has 2 radical (unpaired) electrons. The van der Waals surface area contributed by atoms with Gasteiger partial charge in [-0.3, -0.25) is 5.26 Å². The van der Waals surface area contributed by atoms with E-state index in [9.17, 15) is 0 Å². The second kappa shape index (κ2) is 2.74. The first-order valence-electron chi connectivity index (χ1n) is 1.66. The van der Waals surface area contributed by atoms with Gasteiger partial charge in [-0.05, 0) is 0 Å². The van der Waals surface area contributed by atoms with E-state index in [2.05, 4.69) is 0 Å². The standard InChI is InChI=1S/C3H6BN2/c1-6(2)4-3-5/h1-2H3/q-1. The highest BCUT2D eigenvalue weighted by Gasteiger charge is 1.60. The third-order valence-corrected chi connectivity index (χ3v) is 0.316. The monoisotopic (exact) mass is 81.1 g/mol. The Morgan fingerprint density at radius 3 is 2.17 bits per heavy atom. The lowest BCUT2D eigenvalue weighted by Gasteiger charge is -2.15. The fourth-order valence-corrected chi connectivity index (χ4v) is 0.115. The molecule has 3 heteroatoms. The molecule has 0 saturated heterocycles. The number of hydrogen-bond acceptors (Lipinski definition) is 2. The molecule has 6 heavy (non-hydrogen) atoms. The van der Waals surface area contributed by atoms with Crippen molar-refractivity contribution in [3.63, 3.8) is 0 Å². The van der Waals surface area contributed by atoms with Crippen LogP contribution in [0.5, 0.6) is 0 Å². The SMILES string of the molecule is CN(C)[B-]C#N. The quantitative estimate of drug-likeness (QED) is 0.403. The maximum Gasteiger partial charge on any atom is -0.0545 e. The van der Waals surface area contributed by atoms with Gasteiger partial charge in [0.25, 0.3) is 0 Å². The van der Waals surface area contributed by atoms with E-state index in [1.165, 1.54) is 7.41 Å². The number of hydrogen-bond donors (Lipinski definition) is 0. The van der Waals surface area contributed by atoms with Crippen molar-refractivity contribution < 1.29 is 0 Å². The molecule has 0 unspecified atom stereocenters. The smallest absolute Gasteiger partial charge is 0.0545 e. The molecule has 0 saturated carbocycles. The topological polar surface area (TPSA) is 27.0 Å². The molecular weight excluding hydrogens is 74.9 g/mol. The molecule has 0 aromatic heterocycles. The van der Waals surface area contributed by atoms with E-state index in [-0.39, 0.29) is 0 Å². The van der Waals surface area contributed by atoms with Crippen LogP contribution in [-0.2, 0) is 0 Å². The van der Waals surface area contributed by atoms with Crippen LogP contribution < -0.4 is 0 Å². The summed E-state index contributed by atoms with van der Waals surface area (Å²) in [6.07, 6.45) is 0. The van der Waals surface area contributed by atoms with Gasteiger partial charge in [-0.25, -0.2) is 5.97 Å². The van der Waals surface area contributed by atoms with Gasteiger partial charge in [0, 0.05) is 0 Å². The largest absolute Gasteiger partial charge is 0.530 e. The second-order valence-corrected chi connectivity index (χ2v) is 1.22. The van der Waals surface area contributed by atoms with Crippen molar-refractivity contribution in [3.05, 3.63) is 0 Å². The molecule has 0 aromatic carbocycles. The van der Waals surface area contributed by atoms with E-state index < -0.39 is 0 Å². The molecule has 0 N–H and O–H groups in total. The number of nitriles is 1. The molecule has 0 aromatic rings. The number of rotatable bonds is 1. The highest BCUT2D eigenvalue weighted by Crippen LogP contribution is 1.60. The van der Waals surface area contributed by atoms with Gasteiger partial charge in [0.15, 0.2) is 0 Å². The summed E-state index contributed by atoms with van der Waals surface area (Å²) in [4.78, 5) is 1.69. The van der Waals surface area contributed by atoms with Crippen molar-refractivity contribution in [3.8, 4) is 5.97 Å². The van der Waals surface area contributed by atoms with E-state index in [0.717, 1.165) is 0 Å². The van der Waals surface area contributed by atoms with Gasteiger partial charge in [0.05, 0.1) is 0 Å². The first-order chi connectivity index (χ1) is 2.77. The zero-order valence-corrected chi connectivity index (χ0v) is 3.97. The summed E-state index contributed by atoms with van der Waals surface area (Å²) in [5, 5.41) is 7.89. The lowest BCUT2D eigenvalue weighted by atomic mass is 9.97. The maximum absolute atomic E-state index is 7.89. The van der Waals surface area contributed by atoms with Crippen LogP contribution in [0.3, 0.4) is 0 Å².